The standard InChI is InChI=1S/C13H13ClN6O2S/c14-7-5-16-12(20-3-1-2-4-20)18-9(7)11(22)19-13-17-6-8(23-13)10(15)21/h5-6H,1-4H2,(H2,15,21)(H,17,19,22). The molecule has 3 heterocycles. The van der Waals surface area contributed by atoms with E-state index in [0.29, 0.717) is 5.95 Å². The number of aromatic nitrogens is 3. The number of rotatable bonds is 4. The Kier molecular flexibility index (Phi) is 4.39. The van der Waals surface area contributed by atoms with Crippen molar-refractivity contribution in [3.05, 3.63) is 28.0 Å². The first-order valence-electron chi connectivity index (χ1n) is 6.89. The summed E-state index contributed by atoms with van der Waals surface area (Å²) in [5.41, 5.74) is 5.22. The molecule has 0 unspecified atom stereocenters. The van der Waals surface area contributed by atoms with Crippen LogP contribution in [0.4, 0.5) is 11.1 Å². The van der Waals surface area contributed by atoms with Gasteiger partial charge in [-0.25, -0.2) is 15.0 Å². The molecule has 3 rings (SSSR count). The van der Waals surface area contributed by atoms with Crippen molar-refractivity contribution in [1.29, 1.82) is 0 Å². The lowest BCUT2D eigenvalue weighted by Crippen LogP contribution is -2.23. The van der Waals surface area contributed by atoms with Crippen LogP contribution in [0.25, 0.3) is 0 Å². The Labute approximate surface area is 140 Å². The van der Waals surface area contributed by atoms with Gasteiger partial charge in [0.15, 0.2) is 10.8 Å². The summed E-state index contributed by atoms with van der Waals surface area (Å²) in [6, 6.07) is 0. The Morgan fingerprint density at radius 3 is 2.65 bits per heavy atom. The highest BCUT2D eigenvalue weighted by Crippen LogP contribution is 2.22. The third-order valence-corrected chi connectivity index (χ3v) is 4.51. The molecule has 0 bridgehead atoms. The Morgan fingerprint density at radius 1 is 1.26 bits per heavy atom. The van der Waals surface area contributed by atoms with Gasteiger partial charge >= 0.3 is 0 Å². The second kappa shape index (κ2) is 6.47. The number of hydrogen-bond acceptors (Lipinski definition) is 7. The van der Waals surface area contributed by atoms with Gasteiger partial charge in [-0.05, 0) is 12.8 Å². The molecule has 2 aromatic heterocycles. The van der Waals surface area contributed by atoms with Crippen LogP contribution in [-0.2, 0) is 0 Å². The number of nitrogens with zero attached hydrogens (tertiary/aromatic N) is 4. The molecule has 0 saturated carbocycles. The maximum atomic E-state index is 12.3. The fourth-order valence-corrected chi connectivity index (χ4v) is 3.03. The minimum absolute atomic E-state index is 0.0689. The molecule has 0 aliphatic carbocycles. The van der Waals surface area contributed by atoms with Crippen LogP contribution in [0.5, 0.6) is 0 Å². The Balaban J connectivity index is 1.80. The van der Waals surface area contributed by atoms with Gasteiger partial charge in [-0.2, -0.15) is 0 Å². The van der Waals surface area contributed by atoms with E-state index in [1.54, 1.807) is 0 Å². The zero-order chi connectivity index (χ0) is 16.4. The smallest absolute Gasteiger partial charge is 0.277 e. The molecule has 1 aliphatic rings. The van der Waals surface area contributed by atoms with Gasteiger partial charge in [0.25, 0.3) is 11.8 Å². The van der Waals surface area contributed by atoms with Crippen LogP contribution in [0.15, 0.2) is 12.4 Å². The summed E-state index contributed by atoms with van der Waals surface area (Å²) in [4.78, 5) is 38.0. The van der Waals surface area contributed by atoms with Gasteiger partial charge in [-0.1, -0.05) is 22.9 Å². The van der Waals surface area contributed by atoms with E-state index >= 15 is 0 Å². The minimum atomic E-state index is -0.598. The predicted octanol–water partition coefficient (Wildman–Crippen LogP) is 1.54. The van der Waals surface area contributed by atoms with Crippen LogP contribution in [0.3, 0.4) is 0 Å². The van der Waals surface area contributed by atoms with E-state index in [1.807, 2.05) is 4.90 Å². The van der Waals surface area contributed by atoms with Crippen molar-refractivity contribution in [3.63, 3.8) is 0 Å². The Hall–Kier alpha value is -2.26. The van der Waals surface area contributed by atoms with Crippen LogP contribution < -0.4 is 16.0 Å². The number of carbonyl (C=O) groups is 2. The topological polar surface area (TPSA) is 114 Å². The summed E-state index contributed by atoms with van der Waals surface area (Å²) >= 11 is 7.01. The summed E-state index contributed by atoms with van der Waals surface area (Å²) in [6.45, 7) is 1.72. The molecule has 0 spiro atoms. The van der Waals surface area contributed by atoms with E-state index in [9.17, 15) is 9.59 Å². The van der Waals surface area contributed by atoms with E-state index in [4.69, 9.17) is 17.3 Å². The molecule has 0 aromatic carbocycles. The largest absolute Gasteiger partial charge is 0.365 e. The van der Waals surface area contributed by atoms with Gasteiger partial charge in [-0.15, -0.1) is 0 Å². The fourth-order valence-electron chi connectivity index (χ4n) is 2.19. The number of nitrogens with one attached hydrogen (secondary N) is 1. The zero-order valence-corrected chi connectivity index (χ0v) is 13.5. The lowest BCUT2D eigenvalue weighted by atomic mass is 10.4. The van der Waals surface area contributed by atoms with Crippen LogP contribution in [0.2, 0.25) is 5.02 Å². The molecule has 3 N–H and O–H groups in total. The summed E-state index contributed by atoms with van der Waals surface area (Å²) in [5, 5.41) is 2.96. The van der Waals surface area contributed by atoms with Gasteiger partial charge < -0.3 is 10.6 Å². The van der Waals surface area contributed by atoms with Gasteiger partial charge in [0, 0.05) is 13.1 Å². The highest BCUT2D eigenvalue weighted by Gasteiger charge is 2.20. The normalized spacial score (nSPS) is 14.0. The van der Waals surface area contributed by atoms with Crippen molar-refractivity contribution in [2.45, 2.75) is 12.8 Å². The first-order valence-corrected chi connectivity index (χ1v) is 8.08. The lowest BCUT2D eigenvalue weighted by molar-refractivity contribution is 0.1000. The monoisotopic (exact) mass is 352 g/mol. The van der Waals surface area contributed by atoms with Crippen molar-refractivity contribution >= 4 is 45.8 Å². The molecule has 120 valence electrons. The van der Waals surface area contributed by atoms with Crippen LogP contribution in [0, 0.1) is 0 Å². The number of anilines is 2. The number of thiazole rings is 1. The first-order chi connectivity index (χ1) is 11.0. The molecule has 1 saturated heterocycles. The molecule has 23 heavy (non-hydrogen) atoms. The predicted molar refractivity (Wildman–Crippen MR) is 87.1 cm³/mol. The van der Waals surface area contributed by atoms with E-state index in [2.05, 4.69) is 20.3 Å². The van der Waals surface area contributed by atoms with Crippen LogP contribution in [-0.4, -0.2) is 39.9 Å². The van der Waals surface area contributed by atoms with Gasteiger partial charge in [-0.3, -0.25) is 14.9 Å². The van der Waals surface area contributed by atoms with Gasteiger partial charge in [0.05, 0.1) is 17.4 Å². The summed E-state index contributed by atoms with van der Waals surface area (Å²) < 4.78 is 0. The van der Waals surface area contributed by atoms with Crippen LogP contribution >= 0.6 is 22.9 Å². The van der Waals surface area contributed by atoms with E-state index in [0.717, 1.165) is 37.3 Å². The Bertz CT molecular complexity index is 759. The molecule has 0 radical (unpaired) electrons. The number of hydrogen-bond donors (Lipinski definition) is 2. The van der Waals surface area contributed by atoms with Crippen molar-refractivity contribution < 1.29 is 9.59 Å². The summed E-state index contributed by atoms with van der Waals surface area (Å²) in [5.74, 6) is -0.628. The molecule has 2 amide bonds. The number of carbonyl (C=O) groups excluding carboxylic acids is 2. The second-order valence-corrected chi connectivity index (χ2v) is 6.35. The molecule has 0 atom stereocenters. The van der Waals surface area contributed by atoms with Gasteiger partial charge in [0.2, 0.25) is 5.95 Å². The van der Waals surface area contributed by atoms with Crippen molar-refractivity contribution in [3.8, 4) is 0 Å². The number of halogens is 1. The maximum Gasteiger partial charge on any atom is 0.277 e. The first kappa shape index (κ1) is 15.6. The molecule has 1 aliphatic heterocycles. The number of amides is 2. The minimum Gasteiger partial charge on any atom is -0.365 e. The average molecular weight is 353 g/mol. The molecule has 8 nitrogen and oxygen atoms in total. The Morgan fingerprint density at radius 2 is 2.00 bits per heavy atom. The molecule has 1 fully saturated rings. The molecular weight excluding hydrogens is 340 g/mol. The maximum absolute atomic E-state index is 12.3. The van der Waals surface area contributed by atoms with Crippen LogP contribution in [0.1, 0.15) is 33.0 Å². The summed E-state index contributed by atoms with van der Waals surface area (Å²) in [7, 11) is 0. The number of primary amides is 1. The van der Waals surface area contributed by atoms with Crippen molar-refractivity contribution in [1.82, 2.24) is 15.0 Å². The third-order valence-electron chi connectivity index (χ3n) is 3.30. The van der Waals surface area contributed by atoms with Crippen molar-refractivity contribution in [2.75, 3.05) is 23.3 Å². The number of nitrogens with two attached hydrogens (primary N) is 1. The highest BCUT2D eigenvalue weighted by molar-refractivity contribution is 7.17. The SMILES string of the molecule is NC(=O)c1cnc(NC(=O)c2nc(N3CCCC3)ncc2Cl)s1. The average Bonchev–Trinajstić information content (AvgIpc) is 3.18. The molecular formula is C13H13ClN6O2S. The lowest BCUT2D eigenvalue weighted by Gasteiger charge is -2.15. The van der Waals surface area contributed by atoms with E-state index in [-0.39, 0.29) is 20.7 Å². The second-order valence-electron chi connectivity index (χ2n) is 4.91. The quantitative estimate of drug-likeness (QED) is 0.862. The highest BCUT2D eigenvalue weighted by atomic mass is 35.5. The zero-order valence-electron chi connectivity index (χ0n) is 12.0. The molecule has 2 aromatic rings. The van der Waals surface area contributed by atoms with Crippen molar-refractivity contribution in [2.24, 2.45) is 5.73 Å². The van der Waals surface area contributed by atoms with Gasteiger partial charge in [0.1, 0.15) is 4.88 Å². The van der Waals surface area contributed by atoms with E-state index in [1.165, 1.54) is 12.4 Å². The van der Waals surface area contributed by atoms with E-state index < -0.39 is 11.8 Å². The molecule has 10 heteroatoms. The summed E-state index contributed by atoms with van der Waals surface area (Å²) in [6.07, 6.45) is 4.86. The third kappa shape index (κ3) is 3.40. The fraction of sp³-hybridized carbons (Fsp3) is 0.308.